The highest BCUT2D eigenvalue weighted by Crippen LogP contribution is 2.42. The van der Waals surface area contributed by atoms with Crippen LogP contribution in [0.4, 0.5) is 0 Å². The van der Waals surface area contributed by atoms with Gasteiger partial charge in [0, 0.05) is 10.6 Å². The molecule has 4 aromatic rings. The van der Waals surface area contributed by atoms with Gasteiger partial charge in [-0.1, -0.05) is 41.4 Å². The Kier molecular flexibility index (Phi) is 6.25. The van der Waals surface area contributed by atoms with Gasteiger partial charge < -0.3 is 19.1 Å². The van der Waals surface area contributed by atoms with Gasteiger partial charge in [0.2, 0.25) is 5.88 Å². The van der Waals surface area contributed by atoms with E-state index < -0.39 is 5.97 Å². The van der Waals surface area contributed by atoms with Gasteiger partial charge in [-0.25, -0.2) is 9.97 Å². The monoisotopic (exact) mass is 512 g/mol. The second kappa shape index (κ2) is 9.36. The van der Waals surface area contributed by atoms with E-state index in [1.165, 1.54) is 6.33 Å². The standard InChI is InChI=1S/C25H22Cl2N4O4/c1-25(9-10-25)35-24-21-23(28-14-29-24)31(13-15-4-2-5-16(26)12-15)22(30-21)17-6-3-7-18(20(17)27)34-11-8-19(32)33/h2-7,12,14H,8-11,13H2,1H3,(H,32,33). The number of hydrogen-bond donors (Lipinski definition) is 1. The number of carboxylic acid groups (broad SMARTS) is 1. The quantitative estimate of drug-likeness (QED) is 0.310. The highest BCUT2D eigenvalue weighted by atomic mass is 35.5. The third-order valence-corrected chi connectivity index (χ3v) is 6.43. The van der Waals surface area contributed by atoms with Crippen LogP contribution in [0.5, 0.6) is 11.6 Å². The summed E-state index contributed by atoms with van der Waals surface area (Å²) >= 11 is 13.0. The molecule has 10 heteroatoms. The number of aliphatic carboxylic acids is 1. The van der Waals surface area contributed by atoms with Crippen molar-refractivity contribution in [3.63, 3.8) is 0 Å². The molecule has 1 fully saturated rings. The Morgan fingerprint density at radius 2 is 1.97 bits per heavy atom. The summed E-state index contributed by atoms with van der Waals surface area (Å²) in [6, 6.07) is 12.9. The predicted molar refractivity (Wildman–Crippen MR) is 132 cm³/mol. The first-order valence-corrected chi connectivity index (χ1v) is 11.9. The third kappa shape index (κ3) is 5.04. The number of fused-ring (bicyclic) bond motifs is 1. The zero-order chi connectivity index (χ0) is 24.6. The molecule has 1 aliphatic carbocycles. The summed E-state index contributed by atoms with van der Waals surface area (Å²) in [6.45, 7) is 2.47. The molecule has 2 aromatic carbocycles. The van der Waals surface area contributed by atoms with E-state index in [9.17, 15) is 4.79 Å². The van der Waals surface area contributed by atoms with E-state index in [1.807, 2.05) is 41.8 Å². The second-order valence-electron chi connectivity index (χ2n) is 8.66. The molecular weight excluding hydrogens is 491 g/mol. The van der Waals surface area contributed by atoms with E-state index >= 15 is 0 Å². The van der Waals surface area contributed by atoms with Gasteiger partial charge in [0.05, 0.1) is 24.6 Å². The largest absolute Gasteiger partial charge is 0.491 e. The lowest BCUT2D eigenvalue weighted by Crippen LogP contribution is -2.13. The number of halogens is 2. The number of carbonyl (C=O) groups is 1. The first-order valence-electron chi connectivity index (χ1n) is 11.1. The van der Waals surface area contributed by atoms with Crippen molar-refractivity contribution in [3.05, 3.63) is 64.4 Å². The number of benzene rings is 2. The van der Waals surface area contributed by atoms with E-state index in [-0.39, 0.29) is 18.6 Å². The zero-order valence-corrected chi connectivity index (χ0v) is 20.4. The van der Waals surface area contributed by atoms with Crippen LogP contribution in [-0.4, -0.2) is 42.8 Å². The van der Waals surface area contributed by atoms with Crippen molar-refractivity contribution in [2.75, 3.05) is 6.61 Å². The molecule has 0 spiro atoms. The van der Waals surface area contributed by atoms with Gasteiger partial charge in [-0.2, -0.15) is 4.98 Å². The first-order chi connectivity index (χ1) is 16.8. The molecule has 0 bridgehead atoms. The Hall–Kier alpha value is -3.36. The van der Waals surface area contributed by atoms with Crippen LogP contribution in [0.25, 0.3) is 22.6 Å². The van der Waals surface area contributed by atoms with Crippen molar-refractivity contribution >= 4 is 40.3 Å². The van der Waals surface area contributed by atoms with Crippen LogP contribution >= 0.6 is 23.2 Å². The van der Waals surface area contributed by atoms with Gasteiger partial charge >= 0.3 is 5.97 Å². The maximum Gasteiger partial charge on any atom is 0.306 e. The van der Waals surface area contributed by atoms with Crippen LogP contribution in [0.15, 0.2) is 48.8 Å². The van der Waals surface area contributed by atoms with E-state index in [2.05, 4.69) is 9.97 Å². The van der Waals surface area contributed by atoms with Crippen LogP contribution in [0.2, 0.25) is 10.0 Å². The lowest BCUT2D eigenvalue weighted by atomic mass is 10.2. The van der Waals surface area contributed by atoms with Crippen molar-refractivity contribution in [2.45, 2.75) is 38.3 Å². The molecule has 8 nitrogen and oxygen atoms in total. The number of hydrogen-bond acceptors (Lipinski definition) is 6. The molecule has 1 saturated carbocycles. The minimum Gasteiger partial charge on any atom is -0.491 e. The van der Waals surface area contributed by atoms with Crippen LogP contribution in [0.1, 0.15) is 31.7 Å². The second-order valence-corrected chi connectivity index (χ2v) is 9.48. The Morgan fingerprint density at radius 3 is 2.71 bits per heavy atom. The summed E-state index contributed by atoms with van der Waals surface area (Å²) < 4.78 is 13.7. The Bertz CT molecular complexity index is 1420. The van der Waals surface area contributed by atoms with Crippen LogP contribution in [0, 0.1) is 0 Å². The summed E-state index contributed by atoms with van der Waals surface area (Å²) in [6.07, 6.45) is 3.24. The summed E-state index contributed by atoms with van der Waals surface area (Å²) in [5.74, 6) is 0.405. The molecule has 35 heavy (non-hydrogen) atoms. The smallest absolute Gasteiger partial charge is 0.306 e. The SMILES string of the molecule is CC1(Oc2ncnc3c2nc(-c2cccc(OCCC(=O)O)c2Cl)n3Cc2cccc(Cl)c2)CC1. The van der Waals surface area contributed by atoms with Gasteiger partial charge in [-0.05, 0) is 49.6 Å². The Labute approximate surface area is 211 Å². The highest BCUT2D eigenvalue weighted by Gasteiger charge is 2.41. The van der Waals surface area contributed by atoms with Gasteiger partial charge in [-0.15, -0.1) is 0 Å². The highest BCUT2D eigenvalue weighted by molar-refractivity contribution is 6.34. The Balaban J connectivity index is 1.62. The molecule has 5 rings (SSSR count). The van der Waals surface area contributed by atoms with E-state index in [0.29, 0.717) is 50.8 Å². The average molecular weight is 513 g/mol. The van der Waals surface area contributed by atoms with Crippen LogP contribution in [-0.2, 0) is 11.3 Å². The fourth-order valence-electron chi connectivity index (χ4n) is 3.72. The fourth-order valence-corrected chi connectivity index (χ4v) is 4.20. The molecule has 0 saturated heterocycles. The minimum absolute atomic E-state index is 0.000512. The average Bonchev–Trinajstić information content (AvgIpc) is 3.43. The molecule has 180 valence electrons. The Morgan fingerprint density at radius 1 is 1.17 bits per heavy atom. The summed E-state index contributed by atoms with van der Waals surface area (Å²) in [5.41, 5.74) is 2.46. The molecule has 0 atom stereocenters. The number of nitrogens with zero attached hydrogens (tertiary/aromatic N) is 4. The van der Waals surface area contributed by atoms with Crippen molar-refractivity contribution in [2.24, 2.45) is 0 Å². The first kappa shape index (κ1) is 23.4. The number of rotatable bonds is 9. The lowest BCUT2D eigenvalue weighted by Gasteiger charge is -2.13. The topological polar surface area (TPSA) is 99.4 Å². The molecule has 2 aromatic heterocycles. The summed E-state index contributed by atoms with van der Waals surface area (Å²) in [4.78, 5) is 24.6. The van der Waals surface area contributed by atoms with E-state index in [4.69, 9.17) is 42.8 Å². The third-order valence-electron chi connectivity index (χ3n) is 5.80. The van der Waals surface area contributed by atoms with Gasteiger partial charge in [-0.3, -0.25) is 4.79 Å². The van der Waals surface area contributed by atoms with Crippen LogP contribution < -0.4 is 9.47 Å². The normalized spacial score (nSPS) is 14.1. The maximum absolute atomic E-state index is 10.9. The van der Waals surface area contributed by atoms with Crippen molar-refractivity contribution in [3.8, 4) is 23.0 Å². The van der Waals surface area contributed by atoms with Crippen molar-refractivity contribution in [1.29, 1.82) is 0 Å². The number of imidazole rings is 1. The maximum atomic E-state index is 10.9. The van der Waals surface area contributed by atoms with Crippen molar-refractivity contribution in [1.82, 2.24) is 19.5 Å². The van der Waals surface area contributed by atoms with E-state index in [0.717, 1.165) is 18.4 Å². The van der Waals surface area contributed by atoms with Gasteiger partial charge in [0.25, 0.3) is 0 Å². The molecule has 1 N–H and O–H groups in total. The molecule has 0 amide bonds. The van der Waals surface area contributed by atoms with Gasteiger partial charge in [0.1, 0.15) is 23.5 Å². The number of carboxylic acids is 1. The molecule has 2 heterocycles. The predicted octanol–water partition coefficient (Wildman–Crippen LogP) is 5.63. The molecule has 0 aliphatic heterocycles. The molecule has 1 aliphatic rings. The summed E-state index contributed by atoms with van der Waals surface area (Å²) in [5, 5.41) is 9.87. The number of aromatic nitrogens is 4. The lowest BCUT2D eigenvalue weighted by molar-refractivity contribution is -0.137. The molecule has 0 radical (unpaired) electrons. The molecule has 0 unspecified atom stereocenters. The zero-order valence-electron chi connectivity index (χ0n) is 18.9. The van der Waals surface area contributed by atoms with E-state index in [1.54, 1.807) is 12.1 Å². The number of ether oxygens (including phenoxy) is 2. The van der Waals surface area contributed by atoms with Crippen LogP contribution in [0.3, 0.4) is 0 Å². The van der Waals surface area contributed by atoms with Crippen molar-refractivity contribution < 1.29 is 19.4 Å². The molecular formula is C25H22Cl2N4O4. The summed E-state index contributed by atoms with van der Waals surface area (Å²) in [7, 11) is 0. The van der Waals surface area contributed by atoms with Gasteiger partial charge in [0.15, 0.2) is 11.2 Å². The minimum atomic E-state index is -0.948. The fraction of sp³-hybridized carbons (Fsp3) is 0.280.